The van der Waals surface area contributed by atoms with Crippen LogP contribution in [-0.4, -0.2) is 0 Å². The third kappa shape index (κ3) is 6.58. The fourth-order valence-corrected chi connectivity index (χ4v) is 0.805. The van der Waals surface area contributed by atoms with Crippen LogP contribution in [-0.2, 0) is 18.8 Å². The molecule has 0 aromatic heterocycles. The van der Waals surface area contributed by atoms with Gasteiger partial charge in [-0.3, -0.25) is 6.08 Å². The summed E-state index contributed by atoms with van der Waals surface area (Å²) in [5.74, 6) is 0. The molecule has 0 saturated carbocycles. The van der Waals surface area contributed by atoms with Crippen molar-refractivity contribution in [1.82, 2.24) is 0 Å². The molecule has 0 unspecified atom stereocenters. The molecule has 0 aromatic carbocycles. The number of rotatable bonds is 0. The molecule has 1 aliphatic rings. The standard InChI is InChI=1S/C8H11.ClH.Pt/c1-2-4-6-8-7-5-3-1;;/h1-3H,4,6-8H2;1H;/q-1;;+2/p-1. The summed E-state index contributed by atoms with van der Waals surface area (Å²) in [6.45, 7) is 0. The Morgan fingerprint density at radius 1 is 1.30 bits per heavy atom. The van der Waals surface area contributed by atoms with Crippen LogP contribution in [0.4, 0.5) is 0 Å². The summed E-state index contributed by atoms with van der Waals surface area (Å²) in [7, 11) is 4.61. The molecular formula is C8H11ClPt. The van der Waals surface area contributed by atoms with Crippen LogP contribution in [0.15, 0.2) is 18.2 Å². The maximum absolute atomic E-state index is 4.61. The third-order valence-corrected chi connectivity index (χ3v) is 1.29. The molecule has 0 spiro atoms. The second-order valence-electron chi connectivity index (χ2n) is 2.04. The molecule has 0 aliphatic heterocycles. The zero-order valence-corrected chi connectivity index (χ0v) is 8.78. The van der Waals surface area contributed by atoms with Crippen LogP contribution < -0.4 is 0 Å². The molecule has 0 aromatic rings. The van der Waals surface area contributed by atoms with Gasteiger partial charge in [0.25, 0.3) is 0 Å². The van der Waals surface area contributed by atoms with Gasteiger partial charge in [-0.25, -0.2) is 12.2 Å². The molecule has 10 heavy (non-hydrogen) atoms. The Hall–Kier alpha value is 0.458. The summed E-state index contributed by atoms with van der Waals surface area (Å²) >= 11 is 1.61. The van der Waals surface area contributed by atoms with E-state index >= 15 is 0 Å². The number of hydrogen-bond acceptors (Lipinski definition) is 0. The minimum absolute atomic E-state index is 1.14. The van der Waals surface area contributed by atoms with Gasteiger partial charge in [0.15, 0.2) is 0 Å². The molecule has 2 heteroatoms. The normalized spacial score (nSPS) is 16.7. The fraction of sp³-hybridized carbons (Fsp3) is 0.500. The Bertz CT molecular complexity index is 93.8. The van der Waals surface area contributed by atoms with E-state index in [-0.39, 0.29) is 0 Å². The van der Waals surface area contributed by atoms with Crippen molar-refractivity contribution >= 4 is 9.42 Å². The van der Waals surface area contributed by atoms with E-state index in [1.807, 2.05) is 6.08 Å². The van der Waals surface area contributed by atoms with Gasteiger partial charge in [0.2, 0.25) is 0 Å². The van der Waals surface area contributed by atoms with Crippen molar-refractivity contribution in [3.8, 4) is 0 Å². The third-order valence-electron chi connectivity index (χ3n) is 1.29. The monoisotopic (exact) mass is 337 g/mol. The van der Waals surface area contributed by atoms with Crippen LogP contribution in [0, 0.1) is 6.08 Å². The Kier molecular flexibility index (Phi) is 9.89. The molecule has 0 N–H and O–H groups in total. The van der Waals surface area contributed by atoms with Crippen molar-refractivity contribution in [1.29, 1.82) is 0 Å². The Labute approximate surface area is 78.2 Å². The molecule has 0 saturated heterocycles. The SMILES string of the molecule is [C-]1=CC=CCCCC1.[Cl][Pt+]. The predicted octanol–water partition coefficient (Wildman–Crippen LogP) is 3.16. The topological polar surface area (TPSA) is 0 Å². The van der Waals surface area contributed by atoms with E-state index in [2.05, 4.69) is 27.6 Å². The van der Waals surface area contributed by atoms with Crippen LogP contribution in [0.25, 0.3) is 0 Å². The van der Waals surface area contributed by atoms with E-state index in [9.17, 15) is 0 Å². The van der Waals surface area contributed by atoms with Crippen molar-refractivity contribution < 1.29 is 18.8 Å². The maximum atomic E-state index is 4.61. The van der Waals surface area contributed by atoms with E-state index < -0.39 is 0 Å². The van der Waals surface area contributed by atoms with Crippen LogP contribution in [0.1, 0.15) is 25.7 Å². The summed E-state index contributed by atoms with van der Waals surface area (Å²) in [5.41, 5.74) is 0. The minimum atomic E-state index is 1.14. The Morgan fingerprint density at radius 2 is 2.10 bits per heavy atom. The molecule has 60 valence electrons. The second kappa shape index (κ2) is 9.46. The summed E-state index contributed by atoms with van der Waals surface area (Å²) in [6, 6.07) is 0. The van der Waals surface area contributed by atoms with Gasteiger partial charge in [0.1, 0.15) is 0 Å². The van der Waals surface area contributed by atoms with Gasteiger partial charge in [-0.15, -0.1) is 6.42 Å². The molecule has 0 radical (unpaired) electrons. The molecule has 1 aliphatic carbocycles. The van der Waals surface area contributed by atoms with Gasteiger partial charge < -0.3 is 0 Å². The van der Waals surface area contributed by atoms with Crippen LogP contribution >= 0.6 is 9.42 Å². The van der Waals surface area contributed by atoms with Crippen LogP contribution in [0.5, 0.6) is 0 Å². The van der Waals surface area contributed by atoms with Gasteiger partial charge in [-0.2, -0.15) is 6.08 Å². The first kappa shape index (κ1) is 10.5. The molecule has 0 atom stereocenters. The van der Waals surface area contributed by atoms with E-state index in [0.717, 1.165) is 6.42 Å². The van der Waals surface area contributed by atoms with E-state index in [1.54, 1.807) is 18.8 Å². The van der Waals surface area contributed by atoms with Crippen LogP contribution in [0.3, 0.4) is 0 Å². The fourth-order valence-electron chi connectivity index (χ4n) is 0.805. The molecule has 0 nitrogen and oxygen atoms in total. The average Bonchev–Trinajstić information content (AvgIpc) is 1.90. The quantitative estimate of drug-likeness (QED) is 0.596. The van der Waals surface area contributed by atoms with Crippen molar-refractivity contribution in [3.05, 3.63) is 24.3 Å². The van der Waals surface area contributed by atoms with Gasteiger partial charge >= 0.3 is 28.2 Å². The Balaban J connectivity index is 0.000000371. The van der Waals surface area contributed by atoms with Crippen LogP contribution in [0.2, 0.25) is 0 Å². The second-order valence-corrected chi connectivity index (χ2v) is 2.04. The molecule has 0 fully saturated rings. The van der Waals surface area contributed by atoms with Gasteiger partial charge in [0.05, 0.1) is 0 Å². The number of hydrogen-bond donors (Lipinski definition) is 0. The van der Waals surface area contributed by atoms with Crippen molar-refractivity contribution in [2.45, 2.75) is 25.7 Å². The molecular weight excluding hydrogens is 327 g/mol. The summed E-state index contributed by atoms with van der Waals surface area (Å²) in [6.07, 6.45) is 14.5. The first-order valence-corrected chi connectivity index (χ1v) is 6.15. The van der Waals surface area contributed by atoms with Crippen molar-refractivity contribution in [2.75, 3.05) is 0 Å². The number of allylic oxidation sites excluding steroid dienone is 4. The molecule has 0 bridgehead atoms. The first-order valence-electron chi connectivity index (χ1n) is 3.34. The van der Waals surface area contributed by atoms with E-state index in [0.29, 0.717) is 0 Å². The average molecular weight is 338 g/mol. The summed E-state index contributed by atoms with van der Waals surface area (Å²) in [4.78, 5) is 0. The van der Waals surface area contributed by atoms with Crippen molar-refractivity contribution in [3.63, 3.8) is 0 Å². The van der Waals surface area contributed by atoms with E-state index in [1.165, 1.54) is 19.3 Å². The zero-order valence-electron chi connectivity index (χ0n) is 5.75. The number of halogens is 1. The molecule has 1 rings (SSSR count). The Morgan fingerprint density at radius 3 is 2.90 bits per heavy atom. The summed E-state index contributed by atoms with van der Waals surface area (Å²) < 4.78 is 0. The zero-order chi connectivity index (χ0) is 7.66. The van der Waals surface area contributed by atoms with Crippen molar-refractivity contribution in [2.24, 2.45) is 0 Å². The van der Waals surface area contributed by atoms with Gasteiger partial charge in [-0.05, 0) is 0 Å². The van der Waals surface area contributed by atoms with Gasteiger partial charge in [0, 0.05) is 0 Å². The summed E-state index contributed by atoms with van der Waals surface area (Å²) in [5, 5.41) is 0. The van der Waals surface area contributed by atoms with E-state index in [4.69, 9.17) is 0 Å². The predicted molar refractivity (Wildman–Crippen MR) is 41.3 cm³/mol. The molecule has 0 amide bonds. The molecule has 0 heterocycles. The van der Waals surface area contributed by atoms with Gasteiger partial charge in [-0.1, -0.05) is 19.3 Å². The first-order chi connectivity index (χ1) is 5.00.